The molecule has 0 fully saturated rings. The van der Waals surface area contributed by atoms with Crippen LogP contribution in [-0.2, 0) is 6.54 Å². The quantitative estimate of drug-likeness (QED) is 0.724. The lowest BCUT2D eigenvalue weighted by molar-refractivity contribution is 0.533. The molecular formula is C14H18ClN3O. The third kappa shape index (κ3) is 2.69. The summed E-state index contributed by atoms with van der Waals surface area (Å²) in [7, 11) is 0. The summed E-state index contributed by atoms with van der Waals surface area (Å²) in [5.41, 5.74) is 3.21. The molecule has 0 amide bonds. The Morgan fingerprint density at radius 3 is 2.58 bits per heavy atom. The number of fused-ring (bicyclic) bond motifs is 3. The first-order valence-corrected chi connectivity index (χ1v) is 5.94. The molecule has 3 aromatic rings. The molecule has 0 aliphatic heterocycles. The van der Waals surface area contributed by atoms with E-state index in [2.05, 4.69) is 40.5 Å². The number of para-hydroxylation sites is 1. The van der Waals surface area contributed by atoms with Gasteiger partial charge in [-0.1, -0.05) is 32.0 Å². The van der Waals surface area contributed by atoms with Crippen LogP contribution in [0.2, 0.25) is 0 Å². The molecular weight excluding hydrogens is 262 g/mol. The van der Waals surface area contributed by atoms with Gasteiger partial charge in [-0.15, -0.1) is 12.4 Å². The predicted molar refractivity (Wildman–Crippen MR) is 80.7 cm³/mol. The second-order valence-electron chi connectivity index (χ2n) is 4.80. The van der Waals surface area contributed by atoms with E-state index in [0.717, 1.165) is 17.6 Å². The highest BCUT2D eigenvalue weighted by molar-refractivity contribution is 6.01. The lowest BCUT2D eigenvalue weighted by atomic mass is 10.2. The van der Waals surface area contributed by atoms with Crippen molar-refractivity contribution < 1.29 is 5.48 Å². The number of rotatable bonds is 2. The van der Waals surface area contributed by atoms with Gasteiger partial charge >= 0.3 is 0 Å². The van der Waals surface area contributed by atoms with Crippen LogP contribution in [0.3, 0.4) is 0 Å². The van der Waals surface area contributed by atoms with Crippen LogP contribution in [0, 0.1) is 5.92 Å². The van der Waals surface area contributed by atoms with Gasteiger partial charge in [-0.2, -0.15) is 0 Å². The third-order valence-electron chi connectivity index (χ3n) is 2.91. The summed E-state index contributed by atoms with van der Waals surface area (Å²) < 4.78 is 2.23. The van der Waals surface area contributed by atoms with Crippen molar-refractivity contribution >= 4 is 34.3 Å². The number of aromatic nitrogens is 3. The second-order valence-corrected chi connectivity index (χ2v) is 4.80. The highest BCUT2D eigenvalue weighted by Crippen LogP contribution is 2.23. The van der Waals surface area contributed by atoms with Gasteiger partial charge in [-0.3, -0.25) is 4.98 Å². The molecule has 0 spiro atoms. The van der Waals surface area contributed by atoms with Gasteiger partial charge < -0.3 is 10.0 Å². The van der Waals surface area contributed by atoms with E-state index in [1.165, 1.54) is 10.9 Å². The summed E-state index contributed by atoms with van der Waals surface area (Å²) in [5.74, 6) is 0.610. The first-order valence-electron chi connectivity index (χ1n) is 5.94. The molecule has 5 heteroatoms. The molecule has 102 valence electrons. The largest absolute Gasteiger partial charge is 0.412 e. The number of hydrogen-bond donors (Lipinski definition) is 0. The lowest BCUT2D eigenvalue weighted by Gasteiger charge is -2.08. The highest BCUT2D eigenvalue weighted by Gasteiger charge is 2.08. The van der Waals surface area contributed by atoms with E-state index in [-0.39, 0.29) is 17.9 Å². The Bertz CT molecular complexity index is 679. The molecule has 0 atom stereocenters. The normalized spacial score (nSPS) is 10.5. The number of hydrogen-bond acceptors (Lipinski definition) is 2. The maximum atomic E-state index is 4.43. The Hall–Kier alpha value is -1.65. The number of pyridine rings is 1. The van der Waals surface area contributed by atoms with Crippen LogP contribution in [0.15, 0.2) is 36.8 Å². The molecule has 3 rings (SSSR count). The maximum Gasteiger partial charge on any atom is 0.107 e. The molecule has 19 heavy (non-hydrogen) atoms. The van der Waals surface area contributed by atoms with Crippen molar-refractivity contribution in [1.29, 1.82) is 0 Å². The summed E-state index contributed by atoms with van der Waals surface area (Å²) in [4.78, 5) is 8.85. The van der Waals surface area contributed by atoms with E-state index in [0.29, 0.717) is 5.92 Å². The van der Waals surface area contributed by atoms with Gasteiger partial charge in [-0.05, 0) is 12.0 Å². The molecule has 0 aliphatic carbocycles. The Balaban J connectivity index is 0.000000902. The van der Waals surface area contributed by atoms with Crippen molar-refractivity contribution in [3.63, 3.8) is 0 Å². The van der Waals surface area contributed by atoms with Crippen LogP contribution in [0.5, 0.6) is 0 Å². The van der Waals surface area contributed by atoms with Crippen LogP contribution in [0.1, 0.15) is 13.8 Å². The fourth-order valence-electron chi connectivity index (χ4n) is 2.23. The van der Waals surface area contributed by atoms with E-state index in [1.54, 1.807) is 0 Å². The zero-order valence-corrected chi connectivity index (χ0v) is 11.8. The number of nitrogens with zero attached hydrogens (tertiary/aromatic N) is 3. The Morgan fingerprint density at radius 2 is 1.84 bits per heavy atom. The van der Waals surface area contributed by atoms with E-state index in [1.807, 2.05) is 24.7 Å². The fraction of sp³-hybridized carbons (Fsp3) is 0.286. The molecule has 2 aromatic heterocycles. The highest BCUT2D eigenvalue weighted by atomic mass is 35.5. The minimum Gasteiger partial charge on any atom is -0.412 e. The van der Waals surface area contributed by atoms with Crippen molar-refractivity contribution in [2.24, 2.45) is 5.92 Å². The van der Waals surface area contributed by atoms with E-state index < -0.39 is 0 Å². The molecule has 2 N–H and O–H groups in total. The Labute approximate surface area is 118 Å². The van der Waals surface area contributed by atoms with Gasteiger partial charge in [-0.25, -0.2) is 4.98 Å². The fourth-order valence-corrected chi connectivity index (χ4v) is 2.23. The van der Waals surface area contributed by atoms with Crippen molar-refractivity contribution in [1.82, 2.24) is 14.5 Å². The average Bonchev–Trinajstić information content (AvgIpc) is 2.72. The van der Waals surface area contributed by atoms with E-state index in [9.17, 15) is 0 Å². The molecule has 1 aromatic carbocycles. The second kappa shape index (κ2) is 5.99. The lowest BCUT2D eigenvalue weighted by Crippen LogP contribution is -2.03. The monoisotopic (exact) mass is 279 g/mol. The van der Waals surface area contributed by atoms with Crippen molar-refractivity contribution in [2.45, 2.75) is 20.4 Å². The van der Waals surface area contributed by atoms with Gasteiger partial charge in [0, 0.05) is 11.9 Å². The Morgan fingerprint density at radius 1 is 1.11 bits per heavy atom. The average molecular weight is 280 g/mol. The van der Waals surface area contributed by atoms with Crippen molar-refractivity contribution in [3.05, 3.63) is 36.8 Å². The molecule has 0 saturated carbocycles. The predicted octanol–water partition coefficient (Wildman–Crippen LogP) is 2.84. The van der Waals surface area contributed by atoms with E-state index >= 15 is 0 Å². The summed E-state index contributed by atoms with van der Waals surface area (Å²) in [6, 6.07) is 8.23. The van der Waals surface area contributed by atoms with Gasteiger partial charge in [0.1, 0.15) is 5.52 Å². The SMILES string of the molecule is CC(C)Cn1cnc2cnc3ccccc3c21.Cl.O. The smallest absolute Gasteiger partial charge is 0.107 e. The minimum absolute atomic E-state index is 0. The van der Waals surface area contributed by atoms with Gasteiger partial charge in [0.25, 0.3) is 0 Å². The zero-order valence-electron chi connectivity index (χ0n) is 11.0. The summed E-state index contributed by atoms with van der Waals surface area (Å²) in [6.45, 7) is 5.43. The van der Waals surface area contributed by atoms with Crippen molar-refractivity contribution in [3.8, 4) is 0 Å². The van der Waals surface area contributed by atoms with Crippen LogP contribution >= 0.6 is 12.4 Å². The van der Waals surface area contributed by atoms with Crippen molar-refractivity contribution in [2.75, 3.05) is 0 Å². The standard InChI is InChI=1S/C14H15N3.ClH.H2O/c1-10(2)8-17-9-16-13-7-15-12-6-4-3-5-11(12)14(13)17;;/h3-7,9-10H,8H2,1-2H3;1H;1H2. The zero-order chi connectivity index (χ0) is 11.8. The molecule has 0 unspecified atom stereocenters. The number of halogens is 1. The molecule has 0 saturated heterocycles. The van der Waals surface area contributed by atoms with Gasteiger partial charge in [0.05, 0.1) is 23.6 Å². The first-order chi connectivity index (χ1) is 8.25. The number of imidazole rings is 1. The van der Waals surface area contributed by atoms with Gasteiger partial charge in [0.2, 0.25) is 0 Å². The topological polar surface area (TPSA) is 62.2 Å². The van der Waals surface area contributed by atoms with Crippen LogP contribution in [-0.4, -0.2) is 20.0 Å². The number of benzene rings is 1. The van der Waals surface area contributed by atoms with Crippen LogP contribution in [0.25, 0.3) is 21.9 Å². The summed E-state index contributed by atoms with van der Waals surface area (Å²) in [6.07, 6.45) is 3.77. The first kappa shape index (κ1) is 15.4. The van der Waals surface area contributed by atoms with Crippen LogP contribution in [0.4, 0.5) is 0 Å². The minimum atomic E-state index is 0. The van der Waals surface area contributed by atoms with Crippen LogP contribution < -0.4 is 0 Å². The third-order valence-corrected chi connectivity index (χ3v) is 2.91. The van der Waals surface area contributed by atoms with E-state index in [4.69, 9.17) is 0 Å². The molecule has 4 nitrogen and oxygen atoms in total. The molecule has 0 aliphatic rings. The molecule has 0 radical (unpaired) electrons. The van der Waals surface area contributed by atoms with Gasteiger partial charge in [0.15, 0.2) is 0 Å². The Kier molecular flexibility index (Phi) is 4.86. The molecule has 0 bridgehead atoms. The molecule has 2 heterocycles. The summed E-state index contributed by atoms with van der Waals surface area (Å²) >= 11 is 0. The maximum absolute atomic E-state index is 4.43. The summed E-state index contributed by atoms with van der Waals surface area (Å²) in [5, 5.41) is 1.18.